The molecule has 1 saturated carbocycles. The molecule has 1 aliphatic carbocycles. The zero-order valence-corrected chi connectivity index (χ0v) is 25.6. The maximum Gasteiger partial charge on any atom is 0.308 e. The van der Waals surface area contributed by atoms with E-state index in [1.54, 1.807) is 29.2 Å². The van der Waals surface area contributed by atoms with Crippen molar-refractivity contribution in [3.8, 4) is 5.69 Å². The number of hydrogen-bond acceptors (Lipinski definition) is 11. The van der Waals surface area contributed by atoms with Gasteiger partial charge >= 0.3 is 11.9 Å². The van der Waals surface area contributed by atoms with Crippen LogP contribution in [0.2, 0.25) is 5.02 Å². The Labute approximate surface area is 259 Å². The van der Waals surface area contributed by atoms with E-state index in [4.69, 9.17) is 40.3 Å². The number of ether oxygens (including phenoxy) is 4. The molecule has 0 radical (unpaired) electrons. The lowest BCUT2D eigenvalue weighted by molar-refractivity contribution is -0.576. The summed E-state index contributed by atoms with van der Waals surface area (Å²) in [6.45, 7) is 6.01. The molecule has 2 aromatic heterocycles. The topological polar surface area (TPSA) is 133 Å². The molecule has 0 unspecified atom stereocenters. The second-order valence-corrected chi connectivity index (χ2v) is 13.0. The molecule has 12 nitrogen and oxygen atoms in total. The van der Waals surface area contributed by atoms with Crippen LogP contribution in [0, 0.1) is 23.7 Å². The minimum Gasteiger partial charge on any atom is -0.459 e. The molecule has 4 saturated heterocycles. The number of halogens is 1. The Hall–Kier alpha value is -3.16. The number of nitrogens with zero attached hydrogens (tertiary/aromatic N) is 4. The maximum absolute atomic E-state index is 12.9. The van der Waals surface area contributed by atoms with Crippen LogP contribution >= 0.6 is 11.6 Å². The van der Waals surface area contributed by atoms with Crippen molar-refractivity contribution in [2.24, 2.45) is 23.7 Å². The molecular formula is C31H35ClN4O8. The highest BCUT2D eigenvalue weighted by Crippen LogP contribution is 2.60. The number of aromatic nitrogens is 4. The van der Waals surface area contributed by atoms with Crippen LogP contribution in [0.3, 0.4) is 0 Å². The molecule has 1 aromatic carbocycles. The lowest BCUT2D eigenvalue weighted by Gasteiger charge is -2.59. The van der Waals surface area contributed by atoms with E-state index in [1.165, 1.54) is 0 Å². The van der Waals surface area contributed by atoms with Crippen molar-refractivity contribution in [3.05, 3.63) is 47.4 Å². The average molecular weight is 627 g/mol. The fourth-order valence-corrected chi connectivity index (χ4v) is 7.58. The van der Waals surface area contributed by atoms with Gasteiger partial charge in [-0.25, -0.2) is 14.5 Å². The van der Waals surface area contributed by atoms with Gasteiger partial charge in [0.1, 0.15) is 12.3 Å². The van der Waals surface area contributed by atoms with Crippen LogP contribution in [0.1, 0.15) is 65.0 Å². The van der Waals surface area contributed by atoms with Crippen LogP contribution in [0.4, 0.5) is 0 Å². The minimum absolute atomic E-state index is 0.0317. The number of benzene rings is 1. The number of pyridine rings is 1. The van der Waals surface area contributed by atoms with Gasteiger partial charge in [-0.3, -0.25) is 14.6 Å². The molecule has 8 rings (SSSR count). The highest BCUT2D eigenvalue weighted by Gasteiger charge is 2.69. The van der Waals surface area contributed by atoms with Crippen molar-refractivity contribution in [1.29, 1.82) is 0 Å². The predicted molar refractivity (Wildman–Crippen MR) is 154 cm³/mol. The van der Waals surface area contributed by atoms with Crippen LogP contribution < -0.4 is 0 Å². The van der Waals surface area contributed by atoms with E-state index >= 15 is 0 Å². The molecule has 5 fully saturated rings. The smallest absolute Gasteiger partial charge is 0.308 e. The van der Waals surface area contributed by atoms with Crippen molar-refractivity contribution >= 4 is 34.4 Å². The predicted octanol–water partition coefficient (Wildman–Crippen LogP) is 5.04. The van der Waals surface area contributed by atoms with Crippen LogP contribution in [-0.2, 0) is 44.9 Å². The van der Waals surface area contributed by atoms with Gasteiger partial charge in [0.25, 0.3) is 0 Å². The number of hydrogen-bond donors (Lipinski definition) is 0. The van der Waals surface area contributed by atoms with Crippen molar-refractivity contribution in [2.45, 2.75) is 89.9 Å². The number of carbonyl (C=O) groups excluding carboxylic acids is 2. The zero-order chi connectivity index (χ0) is 30.6. The zero-order valence-electron chi connectivity index (χ0n) is 24.8. The minimum atomic E-state index is -0.915. The van der Waals surface area contributed by atoms with Gasteiger partial charge in [-0.2, -0.15) is 0 Å². The van der Waals surface area contributed by atoms with Crippen molar-refractivity contribution < 1.29 is 38.3 Å². The number of fused-ring (bicyclic) bond motifs is 3. The highest BCUT2D eigenvalue weighted by molar-refractivity contribution is 6.31. The van der Waals surface area contributed by atoms with Gasteiger partial charge in [-0.05, 0) is 62.3 Å². The van der Waals surface area contributed by atoms with Crippen LogP contribution in [-0.4, -0.2) is 55.9 Å². The van der Waals surface area contributed by atoms with Crippen molar-refractivity contribution in [2.75, 3.05) is 0 Å². The summed E-state index contributed by atoms with van der Waals surface area (Å²) in [5.41, 5.74) is 1.20. The monoisotopic (exact) mass is 626 g/mol. The first kappa shape index (κ1) is 29.5. The first-order valence-electron chi connectivity index (χ1n) is 15.2. The fraction of sp³-hybridized carbons (Fsp3) is 0.581. The molecule has 234 valence electrons. The summed E-state index contributed by atoms with van der Waals surface area (Å²) in [6, 6.07) is 7.22. The van der Waals surface area contributed by atoms with Crippen LogP contribution in [0.15, 0.2) is 36.7 Å². The van der Waals surface area contributed by atoms with E-state index in [0.717, 1.165) is 35.9 Å². The summed E-state index contributed by atoms with van der Waals surface area (Å²) in [7, 11) is 0. The first-order valence-corrected chi connectivity index (χ1v) is 15.5. The second-order valence-electron chi connectivity index (χ2n) is 12.6. The molecule has 5 aliphatic rings. The molecule has 4 aliphatic heterocycles. The third-order valence-corrected chi connectivity index (χ3v) is 9.96. The van der Waals surface area contributed by atoms with E-state index < -0.39 is 35.9 Å². The number of esters is 2. The molecule has 1 spiro atoms. The van der Waals surface area contributed by atoms with Gasteiger partial charge in [0.05, 0.1) is 30.2 Å². The van der Waals surface area contributed by atoms with Crippen LogP contribution in [0.25, 0.3) is 16.6 Å². The lowest BCUT2D eigenvalue weighted by atomic mass is 9.58. The molecule has 3 aromatic rings. The molecule has 0 N–H and O–H groups in total. The number of rotatable bonds is 7. The first-order chi connectivity index (χ1) is 21.1. The van der Waals surface area contributed by atoms with Gasteiger partial charge in [-0.15, -0.1) is 5.10 Å². The third kappa shape index (κ3) is 5.16. The summed E-state index contributed by atoms with van der Waals surface area (Å²) in [5, 5.41) is 9.71. The Bertz CT molecular complexity index is 1580. The molecule has 2 bridgehead atoms. The van der Waals surface area contributed by atoms with Gasteiger partial charge in [0, 0.05) is 34.9 Å². The van der Waals surface area contributed by atoms with Gasteiger partial charge in [-0.1, -0.05) is 30.7 Å². The Kier molecular flexibility index (Phi) is 7.61. The summed E-state index contributed by atoms with van der Waals surface area (Å²) >= 11 is 6.09. The Morgan fingerprint density at radius 2 is 1.93 bits per heavy atom. The normalized spacial score (nSPS) is 34.3. The maximum atomic E-state index is 12.9. The van der Waals surface area contributed by atoms with E-state index in [1.807, 2.05) is 26.0 Å². The molecular weight excluding hydrogens is 592 g/mol. The Morgan fingerprint density at radius 1 is 1.09 bits per heavy atom. The number of carbonyl (C=O) groups is 2. The summed E-state index contributed by atoms with van der Waals surface area (Å²) in [4.78, 5) is 41.7. The summed E-state index contributed by atoms with van der Waals surface area (Å²) in [6.07, 6.45) is 5.05. The van der Waals surface area contributed by atoms with Gasteiger partial charge < -0.3 is 18.9 Å². The van der Waals surface area contributed by atoms with E-state index in [-0.39, 0.29) is 37.2 Å². The quantitative estimate of drug-likeness (QED) is 0.258. The second kappa shape index (κ2) is 11.3. The third-order valence-electron chi connectivity index (χ3n) is 9.73. The molecule has 8 atom stereocenters. The molecule has 44 heavy (non-hydrogen) atoms. The Balaban J connectivity index is 0.936. The van der Waals surface area contributed by atoms with Crippen molar-refractivity contribution in [1.82, 2.24) is 20.0 Å². The largest absolute Gasteiger partial charge is 0.459 e. The summed E-state index contributed by atoms with van der Waals surface area (Å²) in [5.74, 6) is -1.48. The molecule has 0 amide bonds. The van der Waals surface area contributed by atoms with Gasteiger partial charge in [0.15, 0.2) is 11.9 Å². The highest BCUT2D eigenvalue weighted by atomic mass is 35.5. The SMILES string of the molecule is C[C@H]1[C@H](OC(=O)CCC(=O)OCc2cn(-c3ccnc4cc(Cl)ccc34)nn2)O[C@@H]2O[C@@]3(C)CC[C@H]4[C@H](C)CC[C@@H]1[C@@]24OO3. The molecule has 6 heterocycles. The van der Waals surface area contributed by atoms with E-state index in [0.29, 0.717) is 23.1 Å². The Morgan fingerprint density at radius 3 is 2.80 bits per heavy atom. The standard InChI is InChI=1S/C31H35ClN4O8/c1-17-4-7-23-18(2)28(41-29-31(23)22(17)10-12-30(3,42-29)43-44-31)40-27(38)9-8-26(37)39-16-20-15-36(35-34-20)25-11-13-33-24-14-19(32)5-6-21(24)25/h5-6,11,13-15,17-18,22-23,28-29H,4,7-10,12,16H2,1-3H3/t17-,18-,22+,23+,28-,29-,30-,31-/m1/s1. The van der Waals surface area contributed by atoms with E-state index in [2.05, 4.69) is 22.2 Å². The fourth-order valence-electron chi connectivity index (χ4n) is 7.41. The summed E-state index contributed by atoms with van der Waals surface area (Å²) < 4.78 is 25.3. The van der Waals surface area contributed by atoms with Crippen LogP contribution in [0.5, 0.6) is 0 Å². The van der Waals surface area contributed by atoms with E-state index in [9.17, 15) is 9.59 Å². The molecule has 13 heteroatoms. The van der Waals surface area contributed by atoms with Crippen molar-refractivity contribution in [3.63, 3.8) is 0 Å². The average Bonchev–Trinajstić information content (AvgIpc) is 3.36. The van der Waals surface area contributed by atoms with Gasteiger partial charge in [0.2, 0.25) is 12.1 Å². The lowest BCUT2D eigenvalue weighted by Crippen LogP contribution is -2.70.